The molecule has 0 fully saturated rings. The van der Waals surface area contributed by atoms with Gasteiger partial charge in [-0.25, -0.2) is 0 Å². The standard InChI is InChI=1S/C15H20N4OS/c1-3-12-13(10-18(2)17-12)16-8-15(20)19-6-4-14-11(9-19)5-7-21-14/h5,7,10,16H,3-4,6,8-9H2,1-2H3. The Kier molecular flexibility index (Phi) is 3.96. The molecule has 1 aliphatic heterocycles. The lowest BCUT2D eigenvalue weighted by atomic mass is 10.1. The Morgan fingerprint density at radius 1 is 1.52 bits per heavy atom. The second-order valence-corrected chi connectivity index (χ2v) is 6.31. The zero-order chi connectivity index (χ0) is 14.8. The van der Waals surface area contributed by atoms with Crippen LogP contribution in [0.4, 0.5) is 5.69 Å². The summed E-state index contributed by atoms with van der Waals surface area (Å²) in [5.74, 6) is 0.151. The van der Waals surface area contributed by atoms with E-state index in [9.17, 15) is 4.79 Å². The molecule has 6 heteroatoms. The fourth-order valence-electron chi connectivity index (χ4n) is 2.69. The van der Waals surface area contributed by atoms with Crippen molar-refractivity contribution in [3.05, 3.63) is 33.8 Å². The molecule has 0 unspecified atom stereocenters. The van der Waals surface area contributed by atoms with Gasteiger partial charge >= 0.3 is 0 Å². The van der Waals surface area contributed by atoms with E-state index in [1.165, 1.54) is 10.4 Å². The van der Waals surface area contributed by atoms with Gasteiger partial charge in [0.1, 0.15) is 0 Å². The zero-order valence-electron chi connectivity index (χ0n) is 12.4. The number of amides is 1. The van der Waals surface area contributed by atoms with Crippen molar-refractivity contribution in [2.75, 3.05) is 18.4 Å². The molecular weight excluding hydrogens is 284 g/mol. The second kappa shape index (κ2) is 5.89. The molecule has 0 aliphatic carbocycles. The van der Waals surface area contributed by atoms with Crippen molar-refractivity contribution in [1.82, 2.24) is 14.7 Å². The van der Waals surface area contributed by atoms with E-state index in [-0.39, 0.29) is 5.91 Å². The Morgan fingerprint density at radius 3 is 3.19 bits per heavy atom. The van der Waals surface area contributed by atoms with E-state index in [4.69, 9.17) is 0 Å². The number of aryl methyl sites for hydroxylation is 2. The Balaban J connectivity index is 1.60. The van der Waals surface area contributed by atoms with Crippen LogP contribution in [-0.4, -0.2) is 33.7 Å². The summed E-state index contributed by atoms with van der Waals surface area (Å²) >= 11 is 1.79. The van der Waals surface area contributed by atoms with E-state index in [0.717, 1.165) is 37.3 Å². The summed E-state index contributed by atoms with van der Waals surface area (Å²) in [7, 11) is 1.90. The summed E-state index contributed by atoms with van der Waals surface area (Å²) in [6.45, 7) is 3.96. The van der Waals surface area contributed by atoms with E-state index < -0.39 is 0 Å². The SMILES string of the molecule is CCc1nn(C)cc1NCC(=O)N1CCc2sccc2C1. The van der Waals surface area contributed by atoms with Crippen molar-refractivity contribution in [3.63, 3.8) is 0 Å². The molecule has 1 aliphatic rings. The lowest BCUT2D eigenvalue weighted by Gasteiger charge is -2.27. The molecule has 0 atom stereocenters. The normalized spacial score (nSPS) is 14.1. The Hall–Kier alpha value is -1.82. The largest absolute Gasteiger partial charge is 0.373 e. The smallest absolute Gasteiger partial charge is 0.242 e. The van der Waals surface area contributed by atoms with Crippen LogP contribution in [0.5, 0.6) is 0 Å². The number of carbonyl (C=O) groups is 1. The molecule has 1 amide bonds. The van der Waals surface area contributed by atoms with Crippen LogP contribution < -0.4 is 5.32 Å². The van der Waals surface area contributed by atoms with Crippen LogP contribution in [0, 0.1) is 0 Å². The number of aromatic nitrogens is 2. The average molecular weight is 304 g/mol. The molecular formula is C15H20N4OS. The second-order valence-electron chi connectivity index (χ2n) is 5.30. The Labute approximate surface area is 128 Å². The first kappa shape index (κ1) is 14.1. The highest BCUT2D eigenvalue weighted by molar-refractivity contribution is 7.10. The van der Waals surface area contributed by atoms with Crippen molar-refractivity contribution >= 4 is 22.9 Å². The predicted molar refractivity (Wildman–Crippen MR) is 84.5 cm³/mol. The number of fused-ring (bicyclic) bond motifs is 1. The molecule has 0 spiro atoms. The van der Waals surface area contributed by atoms with Crippen LogP contribution in [0.15, 0.2) is 17.6 Å². The van der Waals surface area contributed by atoms with Gasteiger partial charge in [-0.3, -0.25) is 9.48 Å². The molecule has 0 saturated heterocycles. The third kappa shape index (κ3) is 2.95. The molecule has 1 N–H and O–H groups in total. The summed E-state index contributed by atoms with van der Waals surface area (Å²) in [4.78, 5) is 15.7. The highest BCUT2D eigenvalue weighted by Gasteiger charge is 2.21. The number of carbonyl (C=O) groups excluding carboxylic acids is 1. The van der Waals surface area contributed by atoms with Crippen LogP contribution in [0.25, 0.3) is 0 Å². The number of rotatable bonds is 4. The van der Waals surface area contributed by atoms with E-state index in [1.54, 1.807) is 16.0 Å². The van der Waals surface area contributed by atoms with Gasteiger partial charge in [0.2, 0.25) is 5.91 Å². The molecule has 112 valence electrons. The van der Waals surface area contributed by atoms with Crippen LogP contribution in [0.3, 0.4) is 0 Å². The van der Waals surface area contributed by atoms with Gasteiger partial charge in [-0.1, -0.05) is 6.92 Å². The van der Waals surface area contributed by atoms with Gasteiger partial charge < -0.3 is 10.2 Å². The summed E-state index contributed by atoms with van der Waals surface area (Å²) < 4.78 is 1.78. The van der Waals surface area contributed by atoms with Crippen molar-refractivity contribution < 1.29 is 4.79 Å². The summed E-state index contributed by atoms with van der Waals surface area (Å²) in [6, 6.07) is 2.13. The molecule has 2 aromatic heterocycles. The van der Waals surface area contributed by atoms with Gasteiger partial charge in [0, 0.05) is 31.2 Å². The molecule has 5 nitrogen and oxygen atoms in total. The molecule has 3 heterocycles. The number of thiophene rings is 1. The minimum Gasteiger partial charge on any atom is -0.373 e. The highest BCUT2D eigenvalue weighted by Crippen LogP contribution is 2.24. The van der Waals surface area contributed by atoms with Gasteiger partial charge in [0.25, 0.3) is 0 Å². The van der Waals surface area contributed by atoms with Crippen LogP contribution in [-0.2, 0) is 31.2 Å². The lowest BCUT2D eigenvalue weighted by Crippen LogP contribution is -2.38. The highest BCUT2D eigenvalue weighted by atomic mass is 32.1. The summed E-state index contributed by atoms with van der Waals surface area (Å²) in [6.07, 6.45) is 3.77. The van der Waals surface area contributed by atoms with Gasteiger partial charge in [-0.05, 0) is 29.9 Å². The maximum absolute atomic E-state index is 12.3. The average Bonchev–Trinajstić information content (AvgIpc) is 3.09. The maximum Gasteiger partial charge on any atom is 0.242 e. The summed E-state index contributed by atoms with van der Waals surface area (Å²) in [5, 5.41) is 9.71. The number of hydrogen-bond donors (Lipinski definition) is 1. The van der Waals surface area contributed by atoms with E-state index >= 15 is 0 Å². The lowest BCUT2D eigenvalue weighted by molar-refractivity contribution is -0.130. The maximum atomic E-state index is 12.3. The first-order valence-corrected chi connectivity index (χ1v) is 8.14. The van der Waals surface area contributed by atoms with Crippen LogP contribution >= 0.6 is 11.3 Å². The van der Waals surface area contributed by atoms with Crippen molar-refractivity contribution in [2.24, 2.45) is 7.05 Å². The number of nitrogens with zero attached hydrogens (tertiary/aromatic N) is 3. The molecule has 0 saturated carbocycles. The monoisotopic (exact) mass is 304 g/mol. The third-order valence-electron chi connectivity index (χ3n) is 3.83. The zero-order valence-corrected chi connectivity index (χ0v) is 13.2. The van der Waals surface area contributed by atoms with E-state index in [2.05, 4.69) is 28.8 Å². The number of anilines is 1. The van der Waals surface area contributed by atoms with E-state index in [1.807, 2.05) is 18.1 Å². The van der Waals surface area contributed by atoms with E-state index in [0.29, 0.717) is 6.54 Å². The third-order valence-corrected chi connectivity index (χ3v) is 4.85. The van der Waals surface area contributed by atoms with Gasteiger partial charge in [-0.15, -0.1) is 11.3 Å². The molecule has 2 aromatic rings. The van der Waals surface area contributed by atoms with Gasteiger partial charge in [0.05, 0.1) is 17.9 Å². The van der Waals surface area contributed by atoms with Crippen LogP contribution in [0.1, 0.15) is 23.1 Å². The van der Waals surface area contributed by atoms with Crippen molar-refractivity contribution in [2.45, 2.75) is 26.3 Å². The summed E-state index contributed by atoms with van der Waals surface area (Å²) in [5.41, 5.74) is 3.26. The molecule has 21 heavy (non-hydrogen) atoms. The van der Waals surface area contributed by atoms with Gasteiger partial charge in [0.15, 0.2) is 0 Å². The fraction of sp³-hybridized carbons (Fsp3) is 0.467. The predicted octanol–water partition coefficient (Wildman–Crippen LogP) is 2.04. The van der Waals surface area contributed by atoms with Crippen molar-refractivity contribution in [3.8, 4) is 0 Å². The minimum atomic E-state index is 0.151. The number of nitrogens with one attached hydrogen (secondary N) is 1. The molecule has 3 rings (SSSR count). The molecule has 0 radical (unpaired) electrons. The molecule has 0 aromatic carbocycles. The van der Waals surface area contributed by atoms with Crippen LogP contribution in [0.2, 0.25) is 0 Å². The number of hydrogen-bond acceptors (Lipinski definition) is 4. The Morgan fingerprint density at radius 2 is 2.38 bits per heavy atom. The first-order chi connectivity index (χ1) is 10.2. The fourth-order valence-corrected chi connectivity index (χ4v) is 3.58. The van der Waals surface area contributed by atoms with Gasteiger partial charge in [-0.2, -0.15) is 5.10 Å². The minimum absolute atomic E-state index is 0.151. The first-order valence-electron chi connectivity index (χ1n) is 7.26. The Bertz CT molecular complexity index is 646. The van der Waals surface area contributed by atoms with Crippen molar-refractivity contribution in [1.29, 1.82) is 0 Å². The molecule has 0 bridgehead atoms. The topological polar surface area (TPSA) is 50.2 Å². The quantitative estimate of drug-likeness (QED) is 0.940.